The Balaban J connectivity index is 1.69. The highest BCUT2D eigenvalue weighted by Crippen LogP contribution is 2.30. The number of hydrogen-bond acceptors (Lipinski definition) is 6. The summed E-state index contributed by atoms with van der Waals surface area (Å²) in [6.07, 6.45) is 1.21. The number of nitrogens with zero attached hydrogens (tertiary/aromatic N) is 2. The van der Waals surface area contributed by atoms with Crippen molar-refractivity contribution >= 4 is 46.9 Å². The third-order valence-electron chi connectivity index (χ3n) is 4.80. The maximum atomic E-state index is 12.9. The van der Waals surface area contributed by atoms with Gasteiger partial charge in [-0.2, -0.15) is 0 Å². The number of barbiturate groups is 1. The van der Waals surface area contributed by atoms with Crippen LogP contribution in [0.2, 0.25) is 5.02 Å². The van der Waals surface area contributed by atoms with Crippen LogP contribution >= 0.6 is 11.6 Å². The molecule has 1 aliphatic heterocycles. The molecule has 4 amide bonds. The number of benzene rings is 2. The Morgan fingerprint density at radius 3 is 2.47 bits per heavy atom. The van der Waals surface area contributed by atoms with Gasteiger partial charge in [-0.1, -0.05) is 17.7 Å². The number of furan rings is 1. The van der Waals surface area contributed by atoms with Crippen LogP contribution in [0.5, 0.6) is 0 Å². The van der Waals surface area contributed by atoms with Crippen molar-refractivity contribution in [2.24, 2.45) is 0 Å². The van der Waals surface area contributed by atoms with Crippen molar-refractivity contribution in [3.8, 4) is 11.3 Å². The zero-order valence-electron chi connectivity index (χ0n) is 16.5. The fourth-order valence-corrected chi connectivity index (χ4v) is 3.31. The van der Waals surface area contributed by atoms with E-state index in [-0.39, 0.29) is 22.7 Å². The molecule has 0 bridgehead atoms. The minimum atomic E-state index is -0.883. The van der Waals surface area contributed by atoms with Crippen molar-refractivity contribution in [3.05, 3.63) is 86.6 Å². The second-order valence-electron chi connectivity index (χ2n) is 6.89. The third-order valence-corrected chi connectivity index (χ3v) is 5.05. The predicted molar refractivity (Wildman–Crippen MR) is 116 cm³/mol. The second-order valence-corrected chi connectivity index (χ2v) is 7.33. The van der Waals surface area contributed by atoms with Gasteiger partial charge in [-0.25, -0.2) is 9.69 Å². The molecule has 1 N–H and O–H groups in total. The Morgan fingerprint density at radius 1 is 1.06 bits per heavy atom. The van der Waals surface area contributed by atoms with Gasteiger partial charge in [-0.05, 0) is 55.0 Å². The van der Waals surface area contributed by atoms with E-state index in [0.29, 0.717) is 16.3 Å². The summed E-state index contributed by atoms with van der Waals surface area (Å²) in [6, 6.07) is 12.5. The molecular formula is C22H14ClN3O6. The lowest BCUT2D eigenvalue weighted by Crippen LogP contribution is -2.54. The number of carbonyl (C=O) groups is 3. The van der Waals surface area contributed by atoms with Crippen LogP contribution in [0.3, 0.4) is 0 Å². The molecule has 9 nitrogen and oxygen atoms in total. The van der Waals surface area contributed by atoms with E-state index in [1.807, 2.05) is 0 Å². The smallest absolute Gasteiger partial charge is 0.335 e. The number of imide groups is 2. The molecule has 4 rings (SSSR count). The van der Waals surface area contributed by atoms with Crippen LogP contribution in [0, 0.1) is 17.0 Å². The van der Waals surface area contributed by atoms with Crippen LogP contribution in [0.1, 0.15) is 11.3 Å². The molecule has 1 fully saturated rings. The van der Waals surface area contributed by atoms with Gasteiger partial charge >= 0.3 is 6.03 Å². The van der Waals surface area contributed by atoms with Crippen LogP contribution in [-0.2, 0) is 9.59 Å². The highest BCUT2D eigenvalue weighted by molar-refractivity contribution is 6.39. The Kier molecular flexibility index (Phi) is 5.33. The van der Waals surface area contributed by atoms with Gasteiger partial charge in [0.05, 0.1) is 10.6 Å². The van der Waals surface area contributed by atoms with Gasteiger partial charge in [0.25, 0.3) is 17.5 Å². The minimum absolute atomic E-state index is 0.0964. The van der Waals surface area contributed by atoms with Crippen molar-refractivity contribution in [1.82, 2.24) is 5.32 Å². The number of non-ortho nitro benzene ring substituents is 1. The molecule has 0 spiro atoms. The summed E-state index contributed by atoms with van der Waals surface area (Å²) in [5.74, 6) is -1.21. The van der Waals surface area contributed by atoms with E-state index < -0.39 is 22.8 Å². The Bertz CT molecular complexity index is 1310. The number of anilines is 1. The van der Waals surface area contributed by atoms with E-state index in [1.165, 1.54) is 48.5 Å². The summed E-state index contributed by atoms with van der Waals surface area (Å²) in [7, 11) is 0. The van der Waals surface area contributed by atoms with E-state index in [2.05, 4.69) is 5.32 Å². The molecule has 1 aromatic heterocycles. The number of aryl methyl sites for hydroxylation is 1. The lowest BCUT2D eigenvalue weighted by atomic mass is 10.1. The normalized spacial score (nSPS) is 15.2. The molecule has 160 valence electrons. The summed E-state index contributed by atoms with van der Waals surface area (Å²) in [6.45, 7) is 1.77. The largest absolute Gasteiger partial charge is 0.457 e. The molecule has 3 aromatic rings. The SMILES string of the molecule is Cc1ccc([N+](=O)[O-])cc1-c1ccc(/C=C2\C(=O)NC(=O)N(c3ccc(Cl)cc3)C2=O)o1. The van der Waals surface area contributed by atoms with Crippen molar-refractivity contribution in [2.75, 3.05) is 4.90 Å². The lowest BCUT2D eigenvalue weighted by molar-refractivity contribution is -0.384. The molecule has 0 radical (unpaired) electrons. The Morgan fingerprint density at radius 2 is 1.78 bits per heavy atom. The van der Waals surface area contributed by atoms with Gasteiger partial charge < -0.3 is 4.42 Å². The molecule has 1 saturated heterocycles. The maximum absolute atomic E-state index is 12.9. The van der Waals surface area contributed by atoms with E-state index in [0.717, 1.165) is 10.5 Å². The Hall–Kier alpha value is -4.24. The van der Waals surface area contributed by atoms with Crippen molar-refractivity contribution in [1.29, 1.82) is 0 Å². The average molecular weight is 452 g/mol. The van der Waals surface area contributed by atoms with Gasteiger partial charge in [0.15, 0.2) is 0 Å². The van der Waals surface area contributed by atoms with Crippen molar-refractivity contribution in [3.63, 3.8) is 0 Å². The molecule has 2 heterocycles. The van der Waals surface area contributed by atoms with Gasteiger partial charge in [-0.3, -0.25) is 25.0 Å². The topological polar surface area (TPSA) is 123 Å². The van der Waals surface area contributed by atoms with Crippen LogP contribution in [-0.4, -0.2) is 22.8 Å². The number of hydrogen-bond donors (Lipinski definition) is 1. The lowest BCUT2D eigenvalue weighted by Gasteiger charge is -2.26. The monoisotopic (exact) mass is 451 g/mol. The fraction of sp³-hybridized carbons (Fsp3) is 0.0455. The molecule has 0 aliphatic carbocycles. The number of nitro groups is 1. The molecule has 0 unspecified atom stereocenters. The van der Waals surface area contributed by atoms with Crippen LogP contribution in [0.15, 0.2) is 64.6 Å². The summed E-state index contributed by atoms with van der Waals surface area (Å²) in [4.78, 5) is 48.9. The van der Waals surface area contributed by atoms with Crippen LogP contribution in [0.4, 0.5) is 16.2 Å². The van der Waals surface area contributed by atoms with Crippen LogP contribution < -0.4 is 10.2 Å². The number of amides is 4. The fourth-order valence-electron chi connectivity index (χ4n) is 3.19. The summed E-state index contributed by atoms with van der Waals surface area (Å²) in [5, 5.41) is 13.6. The maximum Gasteiger partial charge on any atom is 0.335 e. The Labute approximate surface area is 186 Å². The van der Waals surface area contributed by atoms with E-state index >= 15 is 0 Å². The molecule has 10 heteroatoms. The number of halogens is 1. The van der Waals surface area contributed by atoms with Crippen LogP contribution in [0.25, 0.3) is 17.4 Å². The number of rotatable bonds is 4. The van der Waals surface area contributed by atoms with Crippen molar-refractivity contribution in [2.45, 2.75) is 6.92 Å². The highest BCUT2D eigenvalue weighted by Gasteiger charge is 2.37. The molecule has 0 atom stereocenters. The second kappa shape index (κ2) is 8.12. The van der Waals surface area contributed by atoms with E-state index in [1.54, 1.807) is 19.1 Å². The van der Waals surface area contributed by atoms with Gasteiger partial charge in [0.2, 0.25) is 0 Å². The molecule has 32 heavy (non-hydrogen) atoms. The number of nitrogens with one attached hydrogen (secondary N) is 1. The van der Waals surface area contributed by atoms with E-state index in [9.17, 15) is 24.5 Å². The zero-order valence-corrected chi connectivity index (χ0v) is 17.3. The molecular weight excluding hydrogens is 438 g/mol. The first-order valence-electron chi connectivity index (χ1n) is 9.27. The summed E-state index contributed by atoms with van der Waals surface area (Å²) < 4.78 is 5.72. The number of nitro benzene ring substituents is 1. The number of urea groups is 1. The van der Waals surface area contributed by atoms with Crippen molar-refractivity contribution < 1.29 is 23.7 Å². The zero-order chi connectivity index (χ0) is 23.0. The predicted octanol–water partition coefficient (Wildman–Crippen LogP) is 4.48. The van der Waals surface area contributed by atoms with Gasteiger partial charge in [0, 0.05) is 22.7 Å². The average Bonchev–Trinajstić information content (AvgIpc) is 3.21. The van der Waals surface area contributed by atoms with Gasteiger partial charge in [0.1, 0.15) is 17.1 Å². The van der Waals surface area contributed by atoms with E-state index in [4.69, 9.17) is 16.0 Å². The summed E-state index contributed by atoms with van der Waals surface area (Å²) >= 11 is 5.85. The molecule has 2 aromatic carbocycles. The first-order chi connectivity index (χ1) is 15.2. The standard InChI is InChI=1S/C22H14ClN3O6/c1-12-2-5-15(26(30)31)10-17(12)19-9-8-16(32-19)11-18-20(27)24-22(29)25(21(18)28)14-6-3-13(23)4-7-14/h2-11H,1H3,(H,24,27,29)/b18-11+. The quantitative estimate of drug-likeness (QED) is 0.270. The molecule has 1 aliphatic rings. The van der Waals surface area contributed by atoms with Gasteiger partial charge in [-0.15, -0.1) is 0 Å². The first kappa shape index (κ1) is 21.0. The first-order valence-corrected chi connectivity index (χ1v) is 9.64. The highest BCUT2D eigenvalue weighted by atomic mass is 35.5. The minimum Gasteiger partial charge on any atom is -0.457 e. The third kappa shape index (κ3) is 3.88. The number of carbonyl (C=O) groups excluding carboxylic acids is 3. The summed E-state index contributed by atoms with van der Waals surface area (Å²) in [5.41, 5.74) is 1.08. The molecule has 0 saturated carbocycles.